The lowest BCUT2D eigenvalue weighted by Gasteiger charge is -2.24. The number of benzene rings is 1. The van der Waals surface area contributed by atoms with E-state index in [1.165, 1.54) is 19.3 Å². The molecular weight excluding hydrogens is 234 g/mol. The normalized spacial score (nSPS) is 25.8. The zero-order valence-corrected chi connectivity index (χ0v) is 10.6. The predicted octanol–water partition coefficient (Wildman–Crippen LogP) is 3.11. The molecule has 0 aromatic heterocycles. The molecule has 2 fully saturated rings. The van der Waals surface area contributed by atoms with E-state index >= 15 is 0 Å². The number of ether oxygens (including phenoxy) is 1. The van der Waals surface area contributed by atoms with Gasteiger partial charge in [-0.2, -0.15) is 0 Å². The SMILES string of the molecule is Clc1ccc(O[C@H](C2CC2)[C@H]2CCNC2)cc1. The molecule has 2 atom stereocenters. The Morgan fingerprint density at radius 1 is 1.12 bits per heavy atom. The Labute approximate surface area is 107 Å². The van der Waals surface area contributed by atoms with E-state index in [2.05, 4.69) is 5.32 Å². The Morgan fingerprint density at radius 3 is 2.47 bits per heavy atom. The first-order valence-corrected chi connectivity index (χ1v) is 6.83. The molecule has 92 valence electrons. The van der Waals surface area contributed by atoms with E-state index < -0.39 is 0 Å². The molecule has 0 unspecified atom stereocenters. The van der Waals surface area contributed by atoms with Gasteiger partial charge in [0, 0.05) is 17.5 Å². The Morgan fingerprint density at radius 2 is 1.88 bits per heavy atom. The molecule has 2 nitrogen and oxygen atoms in total. The highest BCUT2D eigenvalue weighted by atomic mass is 35.5. The van der Waals surface area contributed by atoms with Gasteiger partial charge in [-0.3, -0.25) is 0 Å². The van der Waals surface area contributed by atoms with Gasteiger partial charge < -0.3 is 10.1 Å². The second kappa shape index (κ2) is 4.87. The van der Waals surface area contributed by atoms with E-state index in [1.807, 2.05) is 24.3 Å². The Balaban J connectivity index is 1.69. The first-order chi connectivity index (χ1) is 8.33. The molecule has 1 aliphatic carbocycles. The van der Waals surface area contributed by atoms with Gasteiger partial charge in [0.05, 0.1) is 0 Å². The molecule has 1 saturated carbocycles. The fourth-order valence-electron chi connectivity index (χ4n) is 2.63. The van der Waals surface area contributed by atoms with E-state index in [0.717, 1.165) is 29.8 Å². The van der Waals surface area contributed by atoms with Gasteiger partial charge in [0.1, 0.15) is 11.9 Å². The molecule has 1 aromatic carbocycles. The van der Waals surface area contributed by atoms with Gasteiger partial charge >= 0.3 is 0 Å². The number of hydrogen-bond donors (Lipinski definition) is 1. The molecule has 17 heavy (non-hydrogen) atoms. The summed E-state index contributed by atoms with van der Waals surface area (Å²) in [6.45, 7) is 2.24. The van der Waals surface area contributed by atoms with Gasteiger partial charge in [-0.15, -0.1) is 0 Å². The predicted molar refractivity (Wildman–Crippen MR) is 69.6 cm³/mol. The lowest BCUT2D eigenvalue weighted by Crippen LogP contribution is -2.30. The van der Waals surface area contributed by atoms with Gasteiger partial charge in [-0.05, 0) is 56.0 Å². The fourth-order valence-corrected chi connectivity index (χ4v) is 2.76. The molecule has 1 aliphatic heterocycles. The van der Waals surface area contributed by atoms with Crippen molar-refractivity contribution in [2.24, 2.45) is 11.8 Å². The van der Waals surface area contributed by atoms with Crippen molar-refractivity contribution in [2.75, 3.05) is 13.1 Å². The largest absolute Gasteiger partial charge is 0.490 e. The Kier molecular flexibility index (Phi) is 3.26. The van der Waals surface area contributed by atoms with Crippen LogP contribution >= 0.6 is 11.6 Å². The number of halogens is 1. The molecule has 1 N–H and O–H groups in total. The van der Waals surface area contributed by atoms with E-state index in [-0.39, 0.29) is 0 Å². The van der Waals surface area contributed by atoms with E-state index in [9.17, 15) is 0 Å². The standard InChI is InChI=1S/C14H18ClNO/c15-12-3-5-13(6-4-12)17-14(10-1-2-10)11-7-8-16-9-11/h3-6,10-11,14,16H,1-2,7-9H2/t11-,14+/m0/s1. The van der Waals surface area contributed by atoms with Gasteiger partial charge in [-0.25, -0.2) is 0 Å². The van der Waals surface area contributed by atoms with Crippen molar-refractivity contribution in [2.45, 2.75) is 25.4 Å². The summed E-state index contributed by atoms with van der Waals surface area (Å²) in [5.41, 5.74) is 0. The molecule has 0 bridgehead atoms. The molecule has 0 radical (unpaired) electrons. The number of hydrogen-bond acceptors (Lipinski definition) is 2. The highest BCUT2D eigenvalue weighted by Crippen LogP contribution is 2.39. The van der Waals surface area contributed by atoms with Crippen LogP contribution in [0.3, 0.4) is 0 Å². The summed E-state index contributed by atoms with van der Waals surface area (Å²) in [7, 11) is 0. The summed E-state index contributed by atoms with van der Waals surface area (Å²) in [4.78, 5) is 0. The molecule has 1 saturated heterocycles. The summed E-state index contributed by atoms with van der Waals surface area (Å²) < 4.78 is 6.18. The minimum Gasteiger partial charge on any atom is -0.490 e. The quantitative estimate of drug-likeness (QED) is 0.888. The highest BCUT2D eigenvalue weighted by Gasteiger charge is 2.39. The summed E-state index contributed by atoms with van der Waals surface area (Å²) >= 11 is 5.88. The van der Waals surface area contributed by atoms with Crippen molar-refractivity contribution in [1.82, 2.24) is 5.32 Å². The average molecular weight is 252 g/mol. The maximum Gasteiger partial charge on any atom is 0.119 e. The van der Waals surface area contributed by atoms with E-state index in [1.54, 1.807) is 0 Å². The van der Waals surface area contributed by atoms with Crippen LogP contribution in [0.1, 0.15) is 19.3 Å². The van der Waals surface area contributed by atoms with Crippen LogP contribution in [0, 0.1) is 11.8 Å². The minimum atomic E-state index is 0.395. The van der Waals surface area contributed by atoms with E-state index in [0.29, 0.717) is 12.0 Å². The van der Waals surface area contributed by atoms with Crippen LogP contribution in [-0.4, -0.2) is 19.2 Å². The first-order valence-electron chi connectivity index (χ1n) is 6.46. The van der Waals surface area contributed by atoms with Gasteiger partial charge in [0.2, 0.25) is 0 Å². The van der Waals surface area contributed by atoms with Gasteiger partial charge in [-0.1, -0.05) is 11.6 Å². The fraction of sp³-hybridized carbons (Fsp3) is 0.571. The van der Waals surface area contributed by atoms with Crippen LogP contribution in [0.25, 0.3) is 0 Å². The van der Waals surface area contributed by atoms with Crippen molar-refractivity contribution >= 4 is 11.6 Å². The van der Waals surface area contributed by atoms with Crippen LogP contribution in [0.5, 0.6) is 5.75 Å². The maximum atomic E-state index is 6.18. The smallest absolute Gasteiger partial charge is 0.119 e. The van der Waals surface area contributed by atoms with Gasteiger partial charge in [0.25, 0.3) is 0 Å². The third-order valence-corrected chi connectivity index (χ3v) is 3.99. The summed E-state index contributed by atoms with van der Waals surface area (Å²) in [5, 5.41) is 4.20. The topological polar surface area (TPSA) is 21.3 Å². The van der Waals surface area contributed by atoms with Crippen LogP contribution in [0.15, 0.2) is 24.3 Å². The molecule has 0 amide bonds. The summed E-state index contributed by atoms with van der Waals surface area (Å²) in [6.07, 6.45) is 4.30. The second-order valence-corrected chi connectivity index (χ2v) is 5.56. The number of nitrogens with one attached hydrogen (secondary N) is 1. The maximum absolute atomic E-state index is 6.18. The van der Waals surface area contributed by atoms with Crippen LogP contribution < -0.4 is 10.1 Å². The van der Waals surface area contributed by atoms with Crippen molar-refractivity contribution < 1.29 is 4.74 Å². The summed E-state index contributed by atoms with van der Waals surface area (Å²) in [6, 6.07) is 7.74. The van der Waals surface area contributed by atoms with Crippen LogP contribution in [-0.2, 0) is 0 Å². The molecular formula is C14H18ClNO. The third kappa shape index (κ3) is 2.75. The molecule has 1 heterocycles. The zero-order valence-electron chi connectivity index (χ0n) is 9.86. The lowest BCUT2D eigenvalue weighted by molar-refractivity contribution is 0.121. The molecule has 1 aromatic rings. The highest BCUT2D eigenvalue weighted by molar-refractivity contribution is 6.30. The molecule has 0 spiro atoms. The van der Waals surface area contributed by atoms with Crippen molar-refractivity contribution in [3.05, 3.63) is 29.3 Å². The van der Waals surface area contributed by atoms with Crippen LogP contribution in [0.2, 0.25) is 5.02 Å². The zero-order chi connectivity index (χ0) is 11.7. The van der Waals surface area contributed by atoms with Crippen molar-refractivity contribution in [1.29, 1.82) is 0 Å². The van der Waals surface area contributed by atoms with Crippen molar-refractivity contribution in [3.8, 4) is 5.75 Å². The lowest BCUT2D eigenvalue weighted by atomic mass is 9.97. The minimum absolute atomic E-state index is 0.395. The third-order valence-electron chi connectivity index (χ3n) is 3.74. The van der Waals surface area contributed by atoms with E-state index in [4.69, 9.17) is 16.3 Å². The molecule has 3 heteroatoms. The molecule has 3 rings (SSSR count). The first kappa shape index (κ1) is 11.4. The second-order valence-electron chi connectivity index (χ2n) is 5.13. The van der Waals surface area contributed by atoms with Gasteiger partial charge in [0.15, 0.2) is 0 Å². The average Bonchev–Trinajstić information content (AvgIpc) is 3.03. The number of rotatable bonds is 4. The monoisotopic (exact) mass is 251 g/mol. The molecule has 2 aliphatic rings. The Bertz CT molecular complexity index is 368. The van der Waals surface area contributed by atoms with Crippen molar-refractivity contribution in [3.63, 3.8) is 0 Å². The summed E-state index contributed by atoms with van der Waals surface area (Å²) in [5.74, 6) is 2.41. The Hall–Kier alpha value is -0.730. The van der Waals surface area contributed by atoms with Crippen LogP contribution in [0.4, 0.5) is 0 Å².